The standard InChI is InChI=1S/C13H20N2O2/c1-4-13(5-2,17-3)11(16)8-10-6-7-15-12(14)9-10/h6-7,9H,4-5,8H2,1-3H3,(H2,14,15). The molecule has 1 rings (SSSR count). The fraction of sp³-hybridized carbons (Fsp3) is 0.538. The van der Waals surface area contributed by atoms with E-state index >= 15 is 0 Å². The molecule has 0 fully saturated rings. The Bertz CT molecular complexity index is 378. The highest BCUT2D eigenvalue weighted by atomic mass is 16.5. The van der Waals surface area contributed by atoms with Gasteiger partial charge in [-0.1, -0.05) is 13.8 Å². The van der Waals surface area contributed by atoms with E-state index in [0.717, 1.165) is 5.56 Å². The van der Waals surface area contributed by atoms with Gasteiger partial charge in [0.2, 0.25) is 0 Å². The minimum Gasteiger partial charge on any atom is -0.384 e. The van der Waals surface area contributed by atoms with E-state index < -0.39 is 5.60 Å². The van der Waals surface area contributed by atoms with Crippen LogP contribution in [0, 0.1) is 0 Å². The number of rotatable bonds is 6. The molecule has 0 saturated carbocycles. The number of carbonyl (C=O) groups is 1. The van der Waals surface area contributed by atoms with Gasteiger partial charge < -0.3 is 10.5 Å². The van der Waals surface area contributed by atoms with Crippen molar-refractivity contribution in [1.82, 2.24) is 4.98 Å². The second-order valence-corrected chi connectivity index (χ2v) is 4.09. The summed E-state index contributed by atoms with van der Waals surface area (Å²) in [7, 11) is 1.59. The molecule has 1 heterocycles. The van der Waals surface area contributed by atoms with Crippen LogP contribution in [0.5, 0.6) is 0 Å². The van der Waals surface area contributed by atoms with Gasteiger partial charge in [-0.3, -0.25) is 4.79 Å². The van der Waals surface area contributed by atoms with Crippen LogP contribution in [0.4, 0.5) is 5.82 Å². The van der Waals surface area contributed by atoms with Crippen molar-refractivity contribution in [2.24, 2.45) is 0 Å². The number of hydrogen-bond donors (Lipinski definition) is 1. The predicted octanol–water partition coefficient (Wildman–Crippen LogP) is 1.98. The van der Waals surface area contributed by atoms with E-state index in [1.165, 1.54) is 0 Å². The second-order valence-electron chi connectivity index (χ2n) is 4.09. The van der Waals surface area contributed by atoms with Crippen LogP contribution in [0.2, 0.25) is 0 Å². The number of aromatic nitrogens is 1. The first kappa shape index (κ1) is 13.6. The molecule has 0 aliphatic heterocycles. The number of Topliss-reactive ketones (excluding diaryl/α,β-unsaturated/α-hetero) is 1. The lowest BCUT2D eigenvalue weighted by atomic mass is 9.88. The third kappa shape index (κ3) is 3.03. The first-order valence-corrected chi connectivity index (χ1v) is 5.86. The zero-order valence-corrected chi connectivity index (χ0v) is 10.7. The molecule has 0 saturated heterocycles. The Labute approximate surface area is 102 Å². The van der Waals surface area contributed by atoms with Gasteiger partial charge in [-0.15, -0.1) is 0 Å². The van der Waals surface area contributed by atoms with Crippen LogP contribution in [0.3, 0.4) is 0 Å². The van der Waals surface area contributed by atoms with Crippen molar-refractivity contribution >= 4 is 11.6 Å². The summed E-state index contributed by atoms with van der Waals surface area (Å²) in [6, 6.07) is 3.53. The molecular weight excluding hydrogens is 216 g/mol. The lowest BCUT2D eigenvalue weighted by molar-refractivity contribution is -0.141. The van der Waals surface area contributed by atoms with Crippen molar-refractivity contribution in [2.75, 3.05) is 12.8 Å². The first-order valence-electron chi connectivity index (χ1n) is 5.86. The molecule has 0 radical (unpaired) electrons. The molecule has 94 valence electrons. The molecule has 0 unspecified atom stereocenters. The fourth-order valence-electron chi connectivity index (χ4n) is 2.00. The molecule has 0 aliphatic carbocycles. The lowest BCUT2D eigenvalue weighted by Gasteiger charge is -2.28. The molecule has 0 atom stereocenters. The molecule has 4 heteroatoms. The van der Waals surface area contributed by atoms with Crippen molar-refractivity contribution in [3.8, 4) is 0 Å². The number of carbonyl (C=O) groups excluding carboxylic acids is 1. The van der Waals surface area contributed by atoms with Gasteiger partial charge in [-0.2, -0.15) is 0 Å². The number of pyridine rings is 1. The Morgan fingerprint density at radius 2 is 2.12 bits per heavy atom. The molecule has 2 N–H and O–H groups in total. The maximum absolute atomic E-state index is 12.3. The third-order valence-electron chi connectivity index (χ3n) is 3.25. The van der Waals surface area contributed by atoms with Crippen LogP contribution in [0.15, 0.2) is 18.3 Å². The van der Waals surface area contributed by atoms with Crippen molar-refractivity contribution in [2.45, 2.75) is 38.7 Å². The van der Waals surface area contributed by atoms with E-state index in [0.29, 0.717) is 25.1 Å². The smallest absolute Gasteiger partial charge is 0.168 e. The zero-order valence-electron chi connectivity index (χ0n) is 10.7. The van der Waals surface area contributed by atoms with E-state index in [2.05, 4.69) is 4.98 Å². The Kier molecular flexibility index (Phi) is 4.63. The van der Waals surface area contributed by atoms with Crippen LogP contribution in [-0.2, 0) is 16.0 Å². The van der Waals surface area contributed by atoms with E-state index in [1.54, 1.807) is 25.4 Å². The van der Waals surface area contributed by atoms with E-state index in [-0.39, 0.29) is 5.78 Å². The Hall–Kier alpha value is -1.42. The summed E-state index contributed by atoms with van der Waals surface area (Å²) in [5.74, 6) is 0.530. The van der Waals surface area contributed by atoms with Gasteiger partial charge in [0.05, 0.1) is 0 Å². The fourth-order valence-corrected chi connectivity index (χ4v) is 2.00. The van der Waals surface area contributed by atoms with E-state index in [4.69, 9.17) is 10.5 Å². The first-order chi connectivity index (χ1) is 8.07. The van der Waals surface area contributed by atoms with Crippen molar-refractivity contribution in [3.05, 3.63) is 23.9 Å². The quantitative estimate of drug-likeness (QED) is 0.820. The minimum absolute atomic E-state index is 0.0931. The van der Waals surface area contributed by atoms with Gasteiger partial charge in [0.1, 0.15) is 11.4 Å². The molecule has 0 aliphatic rings. The highest BCUT2D eigenvalue weighted by Gasteiger charge is 2.34. The number of anilines is 1. The van der Waals surface area contributed by atoms with Gasteiger partial charge in [-0.25, -0.2) is 4.98 Å². The number of ether oxygens (including phenoxy) is 1. The van der Waals surface area contributed by atoms with Crippen molar-refractivity contribution in [1.29, 1.82) is 0 Å². The molecule has 0 amide bonds. The number of ketones is 1. The average Bonchev–Trinajstić information content (AvgIpc) is 2.32. The highest BCUT2D eigenvalue weighted by molar-refractivity contribution is 5.89. The topological polar surface area (TPSA) is 65.2 Å². The van der Waals surface area contributed by atoms with Crippen LogP contribution >= 0.6 is 0 Å². The summed E-state index contributed by atoms with van der Waals surface area (Å²) in [5, 5.41) is 0. The van der Waals surface area contributed by atoms with Gasteiger partial charge in [0, 0.05) is 19.7 Å². The number of nitrogens with two attached hydrogens (primary N) is 1. The summed E-state index contributed by atoms with van der Waals surface area (Å²) >= 11 is 0. The normalized spacial score (nSPS) is 11.5. The third-order valence-corrected chi connectivity index (χ3v) is 3.25. The summed E-state index contributed by atoms with van der Waals surface area (Å²) in [6.45, 7) is 3.93. The van der Waals surface area contributed by atoms with Crippen LogP contribution in [0.25, 0.3) is 0 Å². The number of nitrogen functional groups attached to an aromatic ring is 1. The van der Waals surface area contributed by atoms with E-state index in [9.17, 15) is 4.79 Å². The van der Waals surface area contributed by atoms with Crippen LogP contribution in [0.1, 0.15) is 32.3 Å². The number of hydrogen-bond acceptors (Lipinski definition) is 4. The predicted molar refractivity (Wildman–Crippen MR) is 67.7 cm³/mol. The number of methoxy groups -OCH3 is 1. The lowest BCUT2D eigenvalue weighted by Crippen LogP contribution is -2.40. The second kappa shape index (κ2) is 5.77. The molecule has 4 nitrogen and oxygen atoms in total. The minimum atomic E-state index is -0.669. The summed E-state index contributed by atoms with van der Waals surface area (Å²) in [5.41, 5.74) is 5.80. The van der Waals surface area contributed by atoms with E-state index in [1.807, 2.05) is 13.8 Å². The zero-order chi connectivity index (χ0) is 12.9. The molecule has 0 bridgehead atoms. The van der Waals surface area contributed by atoms with Gasteiger partial charge in [0.15, 0.2) is 5.78 Å². The largest absolute Gasteiger partial charge is 0.384 e. The van der Waals surface area contributed by atoms with Crippen molar-refractivity contribution in [3.63, 3.8) is 0 Å². The molecule has 1 aromatic heterocycles. The molecule has 1 aromatic rings. The maximum atomic E-state index is 12.3. The van der Waals surface area contributed by atoms with Crippen molar-refractivity contribution < 1.29 is 9.53 Å². The summed E-state index contributed by atoms with van der Waals surface area (Å²) in [4.78, 5) is 16.2. The molecule has 17 heavy (non-hydrogen) atoms. The summed E-state index contributed by atoms with van der Waals surface area (Å²) in [6.07, 6.45) is 3.31. The molecule has 0 aromatic carbocycles. The Morgan fingerprint density at radius 1 is 1.47 bits per heavy atom. The van der Waals surface area contributed by atoms with Crippen LogP contribution < -0.4 is 5.73 Å². The summed E-state index contributed by atoms with van der Waals surface area (Å²) < 4.78 is 5.40. The Balaban J connectivity index is 2.84. The highest BCUT2D eigenvalue weighted by Crippen LogP contribution is 2.23. The maximum Gasteiger partial charge on any atom is 0.168 e. The molecule has 0 spiro atoms. The molecular formula is C13H20N2O2. The Morgan fingerprint density at radius 3 is 2.59 bits per heavy atom. The monoisotopic (exact) mass is 236 g/mol. The van der Waals surface area contributed by atoms with Gasteiger partial charge in [-0.05, 0) is 30.5 Å². The van der Waals surface area contributed by atoms with Gasteiger partial charge >= 0.3 is 0 Å². The van der Waals surface area contributed by atoms with Gasteiger partial charge in [0.25, 0.3) is 0 Å². The SMILES string of the molecule is CCC(CC)(OC)C(=O)Cc1ccnc(N)c1. The van der Waals surface area contributed by atoms with Crippen LogP contribution in [-0.4, -0.2) is 23.5 Å². The average molecular weight is 236 g/mol. The number of nitrogens with zero attached hydrogens (tertiary/aromatic N) is 1.